The van der Waals surface area contributed by atoms with Crippen LogP contribution in [0.1, 0.15) is 60.3 Å². The first-order chi connectivity index (χ1) is 11.6. The van der Waals surface area contributed by atoms with Crippen LogP contribution in [0.5, 0.6) is 0 Å². The molecule has 1 amide bonds. The van der Waals surface area contributed by atoms with Gasteiger partial charge in [0.1, 0.15) is 5.60 Å². The third-order valence-electron chi connectivity index (χ3n) is 6.09. The molecule has 0 aromatic rings. The molecule has 1 spiro atoms. The molecule has 144 valence electrons. The molecule has 3 saturated heterocycles. The second-order valence-electron chi connectivity index (χ2n) is 9.05. The molecule has 4 atom stereocenters. The summed E-state index contributed by atoms with van der Waals surface area (Å²) in [4.78, 5) is 14.1. The van der Waals surface area contributed by atoms with Crippen molar-refractivity contribution in [2.45, 2.75) is 82.8 Å². The van der Waals surface area contributed by atoms with Crippen LogP contribution in [0.2, 0.25) is 0 Å². The Labute approximate surface area is 153 Å². The number of carbonyl (C=O) groups excluding carboxylic acids is 1. The van der Waals surface area contributed by atoms with Crippen LogP contribution in [0.25, 0.3) is 0 Å². The van der Waals surface area contributed by atoms with Gasteiger partial charge in [0.15, 0.2) is 0 Å². The Hall–Kier alpha value is -0.660. The summed E-state index contributed by atoms with van der Waals surface area (Å²) in [6.07, 6.45) is 3.32. The monoisotopic (exact) mass is 372 g/mol. The maximum absolute atomic E-state index is 12.7. The molecule has 1 N–H and O–H groups in total. The highest BCUT2D eigenvalue weighted by Crippen LogP contribution is 2.47. The predicted molar refractivity (Wildman–Crippen MR) is 97.6 cm³/mol. The summed E-state index contributed by atoms with van der Waals surface area (Å²) < 4.78 is 27.5. The molecule has 25 heavy (non-hydrogen) atoms. The number of hydrogen-bond acceptors (Lipinski definition) is 4. The summed E-state index contributed by atoms with van der Waals surface area (Å²) in [5.74, 6) is 0. The van der Waals surface area contributed by atoms with Crippen molar-refractivity contribution in [3.05, 3.63) is 0 Å². The third kappa shape index (κ3) is 3.60. The van der Waals surface area contributed by atoms with Crippen molar-refractivity contribution in [2.24, 2.45) is 5.41 Å². The molecule has 3 aliphatic rings. The molecule has 6 nitrogen and oxygen atoms in total. The van der Waals surface area contributed by atoms with Gasteiger partial charge in [-0.2, -0.15) is 0 Å². The molecule has 0 aromatic heterocycles. The highest BCUT2D eigenvalue weighted by Gasteiger charge is 2.56. The van der Waals surface area contributed by atoms with Crippen molar-refractivity contribution in [3.63, 3.8) is 0 Å². The fourth-order valence-corrected chi connectivity index (χ4v) is 5.68. The Bertz CT molecular complexity index is 554. The van der Waals surface area contributed by atoms with Crippen molar-refractivity contribution in [2.75, 3.05) is 19.7 Å². The van der Waals surface area contributed by atoms with Crippen molar-refractivity contribution in [1.29, 1.82) is 0 Å². The maximum atomic E-state index is 12.7. The number of likely N-dealkylation sites (tertiary alicyclic amines) is 1. The first kappa shape index (κ1) is 19.1. The number of amides is 1. The lowest BCUT2D eigenvalue weighted by molar-refractivity contribution is 0.00648. The number of nitrogens with one attached hydrogen (secondary N) is 1. The average molecular weight is 373 g/mol. The third-order valence-corrected chi connectivity index (χ3v) is 7.91. The molecule has 3 fully saturated rings. The van der Waals surface area contributed by atoms with Crippen LogP contribution in [0.3, 0.4) is 0 Å². The summed E-state index contributed by atoms with van der Waals surface area (Å²) in [6, 6.07) is 0.119. The minimum atomic E-state index is -1.05. The van der Waals surface area contributed by atoms with Crippen LogP contribution in [-0.4, -0.2) is 57.4 Å². The molecule has 0 saturated carbocycles. The lowest BCUT2D eigenvalue weighted by atomic mass is 9.72. The van der Waals surface area contributed by atoms with Crippen LogP contribution in [0, 0.1) is 5.41 Å². The van der Waals surface area contributed by atoms with E-state index in [1.54, 1.807) is 4.90 Å². The first-order valence-electron chi connectivity index (χ1n) is 9.36. The zero-order valence-corrected chi connectivity index (χ0v) is 16.9. The van der Waals surface area contributed by atoms with E-state index in [9.17, 15) is 9.00 Å². The minimum absolute atomic E-state index is 0.0199. The highest BCUT2D eigenvalue weighted by molar-refractivity contribution is 7.84. The van der Waals surface area contributed by atoms with Crippen molar-refractivity contribution >= 4 is 17.1 Å². The first-order valence-corrected chi connectivity index (χ1v) is 10.5. The Morgan fingerprint density at radius 3 is 2.56 bits per heavy atom. The van der Waals surface area contributed by atoms with Crippen LogP contribution >= 0.6 is 0 Å². The zero-order valence-electron chi connectivity index (χ0n) is 16.1. The fourth-order valence-electron chi connectivity index (χ4n) is 4.18. The molecular weight excluding hydrogens is 340 g/mol. The van der Waals surface area contributed by atoms with Gasteiger partial charge < -0.3 is 14.4 Å². The van der Waals surface area contributed by atoms with Crippen LogP contribution in [0.4, 0.5) is 4.79 Å². The normalized spacial score (nSPS) is 37.8. The average Bonchev–Trinajstić information content (AvgIpc) is 2.84. The molecule has 7 heteroatoms. The SMILES string of the molecule is CCC1(C)C[C@H]2OCC3(CCN(C(=O)OC(C)(C)C)CC3)[C@@H]2NS1=O. The number of hydrogen-bond donors (Lipinski definition) is 1. The van der Waals surface area contributed by atoms with E-state index in [4.69, 9.17) is 9.47 Å². The van der Waals surface area contributed by atoms with Gasteiger partial charge in [-0.15, -0.1) is 0 Å². The molecule has 0 bridgehead atoms. The van der Waals surface area contributed by atoms with Gasteiger partial charge in [0.25, 0.3) is 0 Å². The van der Waals surface area contributed by atoms with E-state index in [0.717, 1.165) is 25.7 Å². The summed E-state index contributed by atoms with van der Waals surface area (Å²) in [5, 5.41) is 0. The van der Waals surface area contributed by atoms with E-state index >= 15 is 0 Å². The maximum Gasteiger partial charge on any atom is 0.410 e. The smallest absolute Gasteiger partial charge is 0.410 e. The summed E-state index contributed by atoms with van der Waals surface area (Å²) in [7, 11) is -1.05. The molecule has 3 aliphatic heterocycles. The van der Waals surface area contributed by atoms with Gasteiger partial charge in [0, 0.05) is 18.5 Å². The van der Waals surface area contributed by atoms with Gasteiger partial charge in [0.05, 0.1) is 34.5 Å². The lowest BCUT2D eigenvalue weighted by Gasteiger charge is -2.46. The number of rotatable bonds is 1. The van der Waals surface area contributed by atoms with Crippen molar-refractivity contribution in [3.8, 4) is 0 Å². The van der Waals surface area contributed by atoms with Crippen LogP contribution < -0.4 is 4.72 Å². The standard InChI is InChI=1S/C18H32N2O4S/c1-6-17(5)11-13-14(19-25(17)22)18(12-23-13)7-9-20(10-8-18)15(21)24-16(2,3)4/h13-14,19H,6-12H2,1-5H3/t13-,14-,17?,25?/m1/s1. The second-order valence-corrected chi connectivity index (χ2v) is 10.8. The molecule has 2 unspecified atom stereocenters. The van der Waals surface area contributed by atoms with Gasteiger partial charge >= 0.3 is 6.09 Å². The Morgan fingerprint density at radius 1 is 1.36 bits per heavy atom. The molecule has 3 heterocycles. The quantitative estimate of drug-likeness (QED) is 0.768. The van der Waals surface area contributed by atoms with Gasteiger partial charge in [-0.1, -0.05) is 6.92 Å². The van der Waals surface area contributed by atoms with Gasteiger partial charge in [-0.25, -0.2) is 13.7 Å². The van der Waals surface area contributed by atoms with E-state index in [1.165, 1.54) is 0 Å². The van der Waals surface area contributed by atoms with Gasteiger partial charge in [0.2, 0.25) is 0 Å². The van der Waals surface area contributed by atoms with Crippen molar-refractivity contribution in [1.82, 2.24) is 9.62 Å². The lowest BCUT2D eigenvalue weighted by Crippen LogP contribution is -2.61. The Balaban J connectivity index is 1.64. The number of ether oxygens (including phenoxy) is 2. The minimum Gasteiger partial charge on any atom is -0.444 e. The number of fused-ring (bicyclic) bond motifs is 2. The predicted octanol–water partition coefficient (Wildman–Crippen LogP) is 2.60. The molecule has 0 aliphatic carbocycles. The van der Waals surface area contributed by atoms with Gasteiger partial charge in [-0.05, 0) is 53.4 Å². The number of piperidine rings is 1. The largest absolute Gasteiger partial charge is 0.444 e. The molecule has 0 radical (unpaired) electrons. The Kier molecular flexibility index (Phi) is 4.97. The Morgan fingerprint density at radius 2 is 2.00 bits per heavy atom. The fraction of sp³-hybridized carbons (Fsp3) is 0.944. The highest BCUT2D eigenvalue weighted by atomic mass is 32.2. The topological polar surface area (TPSA) is 67.9 Å². The van der Waals surface area contributed by atoms with Crippen molar-refractivity contribution < 1.29 is 18.5 Å². The number of nitrogens with zero attached hydrogens (tertiary/aromatic N) is 1. The summed E-state index contributed by atoms with van der Waals surface area (Å²) >= 11 is 0. The second kappa shape index (κ2) is 6.50. The molecule has 0 aromatic carbocycles. The van der Waals surface area contributed by atoms with Crippen LogP contribution in [-0.2, 0) is 20.5 Å². The molecular formula is C18H32N2O4S. The molecule has 3 rings (SSSR count). The van der Waals surface area contributed by atoms with E-state index in [1.807, 2.05) is 20.8 Å². The van der Waals surface area contributed by atoms with E-state index < -0.39 is 16.6 Å². The van der Waals surface area contributed by atoms with E-state index in [2.05, 4.69) is 18.6 Å². The summed E-state index contributed by atoms with van der Waals surface area (Å²) in [6.45, 7) is 11.8. The summed E-state index contributed by atoms with van der Waals surface area (Å²) in [5.41, 5.74) is -0.492. The van der Waals surface area contributed by atoms with E-state index in [-0.39, 0.29) is 28.4 Å². The number of carbonyl (C=O) groups is 1. The van der Waals surface area contributed by atoms with Crippen LogP contribution in [0.15, 0.2) is 0 Å². The van der Waals surface area contributed by atoms with E-state index in [0.29, 0.717) is 19.7 Å². The van der Waals surface area contributed by atoms with Gasteiger partial charge in [-0.3, -0.25) is 0 Å². The zero-order chi connectivity index (χ0) is 18.5.